The van der Waals surface area contributed by atoms with E-state index in [1.807, 2.05) is 65.5 Å². The first-order valence-corrected chi connectivity index (χ1v) is 9.11. The smallest absolute Gasteiger partial charge is 0.363 e. The van der Waals surface area contributed by atoms with Gasteiger partial charge in [0.25, 0.3) is 0 Å². The molecule has 0 spiro atoms. The van der Waals surface area contributed by atoms with Gasteiger partial charge < -0.3 is 4.74 Å². The number of aliphatic imine (C=N–C) groups is 1. The van der Waals surface area contributed by atoms with E-state index in [9.17, 15) is 4.79 Å². The zero-order chi connectivity index (χ0) is 17.9. The maximum absolute atomic E-state index is 12.1. The molecule has 0 saturated heterocycles. The van der Waals surface area contributed by atoms with Crippen LogP contribution in [0.3, 0.4) is 0 Å². The van der Waals surface area contributed by atoms with Crippen molar-refractivity contribution >= 4 is 40.5 Å². The molecule has 0 radical (unpaired) electrons. The Balaban J connectivity index is 1.57. The van der Waals surface area contributed by atoms with Crippen molar-refractivity contribution in [3.8, 4) is 0 Å². The molecule has 0 amide bonds. The maximum atomic E-state index is 12.1. The van der Waals surface area contributed by atoms with Crippen molar-refractivity contribution in [2.45, 2.75) is 6.54 Å². The first kappa shape index (κ1) is 16.7. The van der Waals surface area contributed by atoms with E-state index >= 15 is 0 Å². The Kier molecular flexibility index (Phi) is 4.66. The van der Waals surface area contributed by atoms with E-state index in [0.717, 1.165) is 20.3 Å². The SMILES string of the molecule is O=C1OC(c2ccccc2I)=N/C1=C\c1cnn(Cc2ccccc2)c1. The minimum Gasteiger partial charge on any atom is -0.402 e. The Hall–Kier alpha value is -2.74. The molecule has 0 bridgehead atoms. The Bertz CT molecular complexity index is 1020. The van der Waals surface area contributed by atoms with Crippen LogP contribution in [0.15, 0.2) is 77.7 Å². The molecule has 4 rings (SSSR count). The van der Waals surface area contributed by atoms with Crippen LogP contribution in [0.25, 0.3) is 6.08 Å². The second-order valence-corrected chi connectivity index (χ2v) is 6.93. The summed E-state index contributed by atoms with van der Waals surface area (Å²) in [5, 5.41) is 4.34. The van der Waals surface area contributed by atoms with Crippen LogP contribution in [0, 0.1) is 3.57 Å². The second kappa shape index (κ2) is 7.25. The third-order valence-corrected chi connectivity index (χ3v) is 4.81. The van der Waals surface area contributed by atoms with Gasteiger partial charge in [-0.05, 0) is 46.4 Å². The molecule has 0 atom stereocenters. The highest BCUT2D eigenvalue weighted by molar-refractivity contribution is 14.1. The topological polar surface area (TPSA) is 56.5 Å². The summed E-state index contributed by atoms with van der Waals surface area (Å²) in [6.45, 7) is 0.672. The number of aromatic nitrogens is 2. The number of hydrogen-bond donors (Lipinski definition) is 0. The van der Waals surface area contributed by atoms with Gasteiger partial charge in [-0.15, -0.1) is 0 Å². The van der Waals surface area contributed by atoms with Crippen LogP contribution in [0.2, 0.25) is 0 Å². The summed E-state index contributed by atoms with van der Waals surface area (Å²) in [6.07, 6.45) is 5.29. The van der Waals surface area contributed by atoms with E-state index in [0.29, 0.717) is 12.4 Å². The van der Waals surface area contributed by atoms with Crippen molar-refractivity contribution in [3.63, 3.8) is 0 Å². The molecule has 0 N–H and O–H groups in total. The van der Waals surface area contributed by atoms with Gasteiger partial charge in [0.05, 0.1) is 18.3 Å². The number of rotatable bonds is 4. The summed E-state index contributed by atoms with van der Waals surface area (Å²) in [7, 11) is 0. The highest BCUT2D eigenvalue weighted by Crippen LogP contribution is 2.22. The second-order valence-electron chi connectivity index (χ2n) is 5.77. The fourth-order valence-corrected chi connectivity index (χ4v) is 3.25. The van der Waals surface area contributed by atoms with Crippen molar-refractivity contribution < 1.29 is 9.53 Å². The number of nitrogens with zero attached hydrogens (tertiary/aromatic N) is 3. The summed E-state index contributed by atoms with van der Waals surface area (Å²) in [5.41, 5.74) is 3.05. The third kappa shape index (κ3) is 3.60. The number of carbonyl (C=O) groups is 1. The average Bonchev–Trinajstić information content (AvgIpc) is 3.23. The summed E-state index contributed by atoms with van der Waals surface area (Å²) < 4.78 is 8.13. The Morgan fingerprint density at radius 2 is 1.85 bits per heavy atom. The lowest BCUT2D eigenvalue weighted by Crippen LogP contribution is -2.06. The molecule has 1 aromatic heterocycles. The largest absolute Gasteiger partial charge is 0.402 e. The van der Waals surface area contributed by atoms with Gasteiger partial charge in [-0.2, -0.15) is 5.10 Å². The molecular weight excluding hydrogens is 441 g/mol. The van der Waals surface area contributed by atoms with Crippen molar-refractivity contribution in [2.75, 3.05) is 0 Å². The maximum Gasteiger partial charge on any atom is 0.363 e. The summed E-state index contributed by atoms with van der Waals surface area (Å²) in [4.78, 5) is 16.5. The van der Waals surface area contributed by atoms with E-state index in [2.05, 4.69) is 32.7 Å². The molecule has 128 valence electrons. The van der Waals surface area contributed by atoms with Crippen LogP contribution in [0.5, 0.6) is 0 Å². The van der Waals surface area contributed by atoms with Gasteiger partial charge in [0.15, 0.2) is 5.70 Å². The molecule has 6 heteroatoms. The van der Waals surface area contributed by atoms with E-state index in [1.54, 1.807) is 12.3 Å². The van der Waals surface area contributed by atoms with Gasteiger partial charge in [-0.3, -0.25) is 4.68 Å². The van der Waals surface area contributed by atoms with Crippen molar-refractivity contribution in [1.29, 1.82) is 0 Å². The zero-order valence-electron chi connectivity index (χ0n) is 13.7. The van der Waals surface area contributed by atoms with Crippen LogP contribution in [0.4, 0.5) is 0 Å². The summed E-state index contributed by atoms with van der Waals surface area (Å²) in [6, 6.07) is 17.7. The number of esters is 1. The average molecular weight is 455 g/mol. The first-order chi connectivity index (χ1) is 12.7. The van der Waals surface area contributed by atoms with Crippen LogP contribution in [0.1, 0.15) is 16.7 Å². The van der Waals surface area contributed by atoms with Crippen molar-refractivity contribution in [2.24, 2.45) is 4.99 Å². The fraction of sp³-hybridized carbons (Fsp3) is 0.0500. The highest BCUT2D eigenvalue weighted by Gasteiger charge is 2.25. The number of halogens is 1. The summed E-state index contributed by atoms with van der Waals surface area (Å²) in [5.74, 6) is -0.113. The van der Waals surface area contributed by atoms with Crippen LogP contribution >= 0.6 is 22.6 Å². The molecule has 1 aliphatic heterocycles. The fourth-order valence-electron chi connectivity index (χ4n) is 2.63. The van der Waals surface area contributed by atoms with Gasteiger partial charge in [-0.25, -0.2) is 9.79 Å². The molecule has 0 aliphatic carbocycles. The zero-order valence-corrected chi connectivity index (χ0v) is 15.8. The lowest BCUT2D eigenvalue weighted by atomic mass is 10.2. The molecule has 26 heavy (non-hydrogen) atoms. The van der Waals surface area contributed by atoms with E-state index in [1.165, 1.54) is 0 Å². The third-order valence-electron chi connectivity index (χ3n) is 3.87. The van der Waals surface area contributed by atoms with Crippen LogP contribution in [-0.2, 0) is 16.1 Å². The highest BCUT2D eigenvalue weighted by atomic mass is 127. The van der Waals surface area contributed by atoms with Crippen molar-refractivity contribution in [1.82, 2.24) is 9.78 Å². The molecule has 0 saturated carbocycles. The standard InChI is InChI=1S/C20H14IN3O2/c21-17-9-5-4-8-16(17)19-23-18(20(25)26-19)10-15-11-22-24(13-15)12-14-6-2-1-3-7-14/h1-11,13H,12H2/b18-10-. The van der Waals surface area contributed by atoms with E-state index in [-0.39, 0.29) is 5.70 Å². The molecule has 2 aromatic carbocycles. The first-order valence-electron chi connectivity index (χ1n) is 8.03. The van der Waals surface area contributed by atoms with Gasteiger partial charge in [0, 0.05) is 15.3 Å². The lowest BCUT2D eigenvalue weighted by Gasteiger charge is -2.01. The quantitative estimate of drug-likeness (QED) is 0.341. The Labute approximate surface area is 164 Å². The number of benzene rings is 2. The number of hydrogen-bond acceptors (Lipinski definition) is 4. The normalized spacial score (nSPS) is 15.2. The monoisotopic (exact) mass is 455 g/mol. The van der Waals surface area contributed by atoms with Gasteiger partial charge >= 0.3 is 5.97 Å². The molecule has 0 fully saturated rings. The number of carbonyl (C=O) groups excluding carboxylic acids is 1. The van der Waals surface area contributed by atoms with Crippen LogP contribution < -0.4 is 0 Å². The predicted octanol–water partition coefficient (Wildman–Crippen LogP) is 3.88. The van der Waals surface area contributed by atoms with Gasteiger partial charge in [0.1, 0.15) is 0 Å². The molecule has 0 unspecified atom stereocenters. The molecule has 2 heterocycles. The molecule has 3 aromatic rings. The van der Waals surface area contributed by atoms with Crippen molar-refractivity contribution in [3.05, 3.63) is 92.9 Å². The minimum atomic E-state index is -0.449. The molecule has 1 aliphatic rings. The van der Waals surface area contributed by atoms with Crippen LogP contribution in [-0.4, -0.2) is 21.6 Å². The minimum absolute atomic E-state index is 0.277. The van der Waals surface area contributed by atoms with Gasteiger partial charge in [0.2, 0.25) is 5.90 Å². The Morgan fingerprint density at radius 1 is 1.08 bits per heavy atom. The predicted molar refractivity (Wildman–Crippen MR) is 108 cm³/mol. The van der Waals surface area contributed by atoms with Gasteiger partial charge in [-0.1, -0.05) is 42.5 Å². The Morgan fingerprint density at radius 3 is 2.65 bits per heavy atom. The number of cyclic esters (lactones) is 1. The van der Waals surface area contributed by atoms with E-state index in [4.69, 9.17) is 4.74 Å². The molecular formula is C20H14IN3O2. The summed E-state index contributed by atoms with van der Waals surface area (Å²) >= 11 is 2.20. The number of ether oxygens (including phenoxy) is 1. The lowest BCUT2D eigenvalue weighted by molar-refractivity contribution is -0.129. The van der Waals surface area contributed by atoms with E-state index < -0.39 is 5.97 Å². The molecule has 5 nitrogen and oxygen atoms in total.